The van der Waals surface area contributed by atoms with Gasteiger partial charge >= 0.3 is 11.9 Å². The molecule has 42 heavy (non-hydrogen) atoms. The molecule has 1 amide bonds. The van der Waals surface area contributed by atoms with Crippen LogP contribution in [0.15, 0.2) is 35.9 Å². The standard InChI is InChI=1S/C33H41NO8/c1-31-14-11-23(35)17-22(31)7-8-24-25(31)12-15-32(2)26(24)13-16-33(32,41)27(36)19-42-29(38)10-9-28(37)34-18-20-3-5-21(6-4-20)30(39)40/h3-6,17,24-26,41H,7-16,18-19H2,1-2H3,(H,34,37)(H,39,40)/t24-,25+,26+,31-,32-,33-/m0/s1. The van der Waals surface area contributed by atoms with E-state index in [1.807, 2.05) is 13.0 Å². The lowest BCUT2D eigenvalue weighted by Gasteiger charge is -2.58. The van der Waals surface area contributed by atoms with Crippen LogP contribution in [0, 0.1) is 28.6 Å². The van der Waals surface area contributed by atoms with Crippen LogP contribution in [0.4, 0.5) is 0 Å². The number of Topliss-reactive ketones (excluding diaryl/α,β-unsaturated/α-hetero) is 1. The number of nitrogens with one attached hydrogen (secondary N) is 1. The van der Waals surface area contributed by atoms with Gasteiger partial charge in [-0.25, -0.2) is 4.79 Å². The summed E-state index contributed by atoms with van der Waals surface area (Å²) in [7, 11) is 0. The predicted molar refractivity (Wildman–Crippen MR) is 152 cm³/mol. The van der Waals surface area contributed by atoms with Gasteiger partial charge in [-0.2, -0.15) is 0 Å². The number of fused-ring (bicyclic) bond motifs is 5. The predicted octanol–water partition coefficient (Wildman–Crippen LogP) is 4.16. The molecule has 1 aromatic carbocycles. The van der Waals surface area contributed by atoms with Gasteiger partial charge in [-0.1, -0.05) is 31.6 Å². The minimum Gasteiger partial charge on any atom is -0.478 e. The Morgan fingerprint density at radius 3 is 2.38 bits per heavy atom. The lowest BCUT2D eigenvalue weighted by atomic mass is 9.46. The van der Waals surface area contributed by atoms with Crippen molar-refractivity contribution in [3.8, 4) is 0 Å². The average molecular weight is 580 g/mol. The topological polar surface area (TPSA) is 147 Å². The van der Waals surface area contributed by atoms with Crippen LogP contribution in [0.5, 0.6) is 0 Å². The van der Waals surface area contributed by atoms with Crippen molar-refractivity contribution in [2.45, 2.75) is 90.2 Å². The number of allylic oxidation sites excluding steroid dienone is 1. The van der Waals surface area contributed by atoms with Crippen LogP contribution in [-0.4, -0.2) is 51.8 Å². The van der Waals surface area contributed by atoms with Crippen LogP contribution in [0.3, 0.4) is 0 Å². The van der Waals surface area contributed by atoms with Crippen molar-refractivity contribution < 1.29 is 38.9 Å². The monoisotopic (exact) mass is 579 g/mol. The Bertz CT molecular complexity index is 1320. The number of carboxylic acids is 1. The van der Waals surface area contributed by atoms with Crippen LogP contribution < -0.4 is 5.32 Å². The van der Waals surface area contributed by atoms with E-state index in [1.54, 1.807) is 12.1 Å². The fraction of sp³-hybridized carbons (Fsp3) is 0.606. The fourth-order valence-electron chi connectivity index (χ4n) is 8.64. The Morgan fingerprint density at radius 1 is 0.952 bits per heavy atom. The lowest BCUT2D eigenvalue weighted by Crippen LogP contribution is -2.58. The minimum absolute atomic E-state index is 0.00959. The molecule has 9 nitrogen and oxygen atoms in total. The highest BCUT2D eigenvalue weighted by molar-refractivity contribution is 5.92. The molecule has 0 spiro atoms. The number of aromatic carboxylic acids is 1. The molecule has 0 heterocycles. The molecule has 0 aromatic heterocycles. The summed E-state index contributed by atoms with van der Waals surface area (Å²) in [6.45, 7) is 4.00. The van der Waals surface area contributed by atoms with Crippen molar-refractivity contribution in [2.24, 2.45) is 28.6 Å². The third-order valence-corrected chi connectivity index (χ3v) is 11.2. The molecule has 4 aliphatic carbocycles. The number of carboxylic acid groups (broad SMARTS) is 1. The molecule has 0 unspecified atom stereocenters. The van der Waals surface area contributed by atoms with Gasteiger partial charge in [0.2, 0.25) is 11.7 Å². The molecule has 5 rings (SSSR count). The number of benzene rings is 1. The first-order valence-electron chi connectivity index (χ1n) is 15.1. The normalized spacial score (nSPS) is 33.5. The number of ketones is 2. The summed E-state index contributed by atoms with van der Waals surface area (Å²) >= 11 is 0. The average Bonchev–Trinajstić information content (AvgIpc) is 3.25. The maximum absolute atomic E-state index is 13.4. The van der Waals surface area contributed by atoms with Gasteiger partial charge in [0, 0.05) is 24.8 Å². The summed E-state index contributed by atoms with van der Waals surface area (Å²) < 4.78 is 5.23. The smallest absolute Gasteiger partial charge is 0.335 e. The number of esters is 1. The van der Waals surface area contributed by atoms with Gasteiger partial charge in [0.1, 0.15) is 5.60 Å². The Morgan fingerprint density at radius 2 is 1.67 bits per heavy atom. The molecule has 3 fully saturated rings. The van der Waals surface area contributed by atoms with E-state index in [2.05, 4.69) is 12.2 Å². The summed E-state index contributed by atoms with van der Waals surface area (Å²) in [4.78, 5) is 61.0. The zero-order chi connectivity index (χ0) is 30.3. The zero-order valence-electron chi connectivity index (χ0n) is 24.4. The van der Waals surface area contributed by atoms with E-state index >= 15 is 0 Å². The van der Waals surface area contributed by atoms with Gasteiger partial charge < -0.3 is 20.3 Å². The minimum atomic E-state index is -1.56. The van der Waals surface area contributed by atoms with Gasteiger partial charge in [0.05, 0.1) is 12.0 Å². The molecule has 1 aromatic rings. The maximum atomic E-state index is 13.4. The SMILES string of the molecule is C[C@]12CCC(=O)C=C1CC[C@H]1[C@H]2CC[C@@]2(C)[C@@H]1CC[C@]2(O)C(=O)COC(=O)CCC(=O)NCc1ccc(C(=O)O)cc1. The van der Waals surface area contributed by atoms with E-state index in [4.69, 9.17) is 9.84 Å². The van der Waals surface area contributed by atoms with E-state index in [0.29, 0.717) is 31.1 Å². The third-order valence-electron chi connectivity index (χ3n) is 11.2. The first-order valence-corrected chi connectivity index (χ1v) is 15.1. The highest BCUT2D eigenvalue weighted by Gasteiger charge is 2.66. The maximum Gasteiger partial charge on any atom is 0.335 e. The number of ether oxygens (including phenoxy) is 1. The molecule has 0 aliphatic heterocycles. The van der Waals surface area contributed by atoms with Crippen molar-refractivity contribution in [2.75, 3.05) is 6.61 Å². The molecule has 9 heteroatoms. The Balaban J connectivity index is 1.11. The van der Waals surface area contributed by atoms with Gasteiger partial charge in [0.15, 0.2) is 12.4 Å². The van der Waals surface area contributed by atoms with E-state index in [0.717, 1.165) is 37.7 Å². The first-order chi connectivity index (χ1) is 19.9. The Kier molecular flexibility index (Phi) is 8.18. The molecule has 6 atom stereocenters. The van der Waals surface area contributed by atoms with Crippen LogP contribution in [-0.2, 0) is 30.5 Å². The van der Waals surface area contributed by atoms with Crippen molar-refractivity contribution in [1.29, 1.82) is 0 Å². The van der Waals surface area contributed by atoms with Crippen LogP contribution in [0.1, 0.15) is 94.0 Å². The molecule has 3 saturated carbocycles. The zero-order valence-corrected chi connectivity index (χ0v) is 24.4. The number of aliphatic hydroxyl groups is 1. The van der Waals surface area contributed by atoms with Gasteiger partial charge in [-0.15, -0.1) is 0 Å². The lowest BCUT2D eigenvalue weighted by molar-refractivity contribution is -0.170. The summed E-state index contributed by atoms with van der Waals surface area (Å²) in [5.74, 6) is -1.31. The summed E-state index contributed by atoms with van der Waals surface area (Å²) in [6, 6.07) is 6.12. The van der Waals surface area contributed by atoms with Crippen LogP contribution in [0.25, 0.3) is 0 Å². The van der Waals surface area contributed by atoms with Gasteiger partial charge in [-0.05, 0) is 91.9 Å². The van der Waals surface area contributed by atoms with E-state index in [-0.39, 0.29) is 48.0 Å². The molecule has 0 bridgehead atoms. The number of rotatable bonds is 9. The molecule has 226 valence electrons. The summed E-state index contributed by atoms with van der Waals surface area (Å²) in [5, 5.41) is 23.4. The Hall–Kier alpha value is -3.33. The Labute approximate surface area is 246 Å². The highest BCUT2D eigenvalue weighted by atomic mass is 16.5. The quantitative estimate of drug-likeness (QED) is 0.370. The highest BCUT2D eigenvalue weighted by Crippen LogP contribution is 2.67. The number of hydrogen-bond acceptors (Lipinski definition) is 7. The fourth-order valence-corrected chi connectivity index (χ4v) is 8.64. The first kappa shape index (κ1) is 30.1. The van der Waals surface area contributed by atoms with Crippen molar-refractivity contribution in [1.82, 2.24) is 5.32 Å². The van der Waals surface area contributed by atoms with Gasteiger partial charge in [-0.3, -0.25) is 19.2 Å². The number of hydrogen-bond donors (Lipinski definition) is 3. The molecule has 0 radical (unpaired) electrons. The second kappa shape index (κ2) is 11.4. The van der Waals surface area contributed by atoms with Crippen molar-refractivity contribution in [3.63, 3.8) is 0 Å². The molecule has 3 N–H and O–H groups in total. The van der Waals surface area contributed by atoms with E-state index in [9.17, 15) is 29.1 Å². The molecule has 0 saturated heterocycles. The second-order valence-corrected chi connectivity index (χ2v) is 13.2. The number of carbonyl (C=O) groups excluding carboxylic acids is 4. The largest absolute Gasteiger partial charge is 0.478 e. The van der Waals surface area contributed by atoms with Gasteiger partial charge in [0.25, 0.3) is 0 Å². The molecular weight excluding hydrogens is 538 g/mol. The summed E-state index contributed by atoms with van der Waals surface area (Å²) in [6.07, 6.45) is 7.59. The van der Waals surface area contributed by atoms with Crippen LogP contribution >= 0.6 is 0 Å². The molecular formula is C33H41NO8. The van der Waals surface area contributed by atoms with E-state index in [1.165, 1.54) is 17.7 Å². The number of amides is 1. The van der Waals surface area contributed by atoms with Crippen molar-refractivity contribution >= 4 is 29.4 Å². The van der Waals surface area contributed by atoms with Crippen LogP contribution in [0.2, 0.25) is 0 Å². The molecule has 4 aliphatic rings. The number of carbonyl (C=O) groups is 5. The van der Waals surface area contributed by atoms with Crippen molar-refractivity contribution in [3.05, 3.63) is 47.0 Å². The van der Waals surface area contributed by atoms with E-state index < -0.39 is 35.3 Å². The third kappa shape index (κ3) is 5.32. The summed E-state index contributed by atoms with van der Waals surface area (Å²) in [5.41, 5.74) is 0.0103. The second-order valence-electron chi connectivity index (χ2n) is 13.2.